The predicted octanol–water partition coefficient (Wildman–Crippen LogP) is 10.1. The summed E-state index contributed by atoms with van der Waals surface area (Å²) in [6, 6.07) is 0. The van der Waals surface area contributed by atoms with Crippen molar-refractivity contribution in [3.63, 3.8) is 0 Å². The molecule has 0 heterocycles. The maximum absolute atomic E-state index is 8.65. The van der Waals surface area contributed by atoms with Crippen LogP contribution in [0.3, 0.4) is 0 Å². The molecule has 0 unspecified atom stereocenters. The van der Waals surface area contributed by atoms with Crippen LogP contribution >= 0.6 is 0 Å². The monoisotopic (exact) mass is 523 g/mol. The third kappa shape index (κ3) is 77.7. The Hall–Kier alpha value is 0.234. The van der Waals surface area contributed by atoms with Gasteiger partial charge < -0.3 is 23.8 Å². The van der Waals surface area contributed by atoms with Gasteiger partial charge in [0.25, 0.3) is 0 Å². The second-order valence-electron chi connectivity index (χ2n) is 5.17. The van der Waals surface area contributed by atoms with Crippen LogP contribution in [-0.4, -0.2) is 65.7 Å². The first-order valence-corrected chi connectivity index (χ1v) is 12.1. The minimum absolute atomic E-state index is 0. The van der Waals surface area contributed by atoms with Gasteiger partial charge in [0, 0.05) is 0 Å². The maximum Gasteiger partial charge on any atom is 0.199 e. The van der Waals surface area contributed by atoms with Crippen LogP contribution in [-0.2, 0) is 13.6 Å². The predicted molar refractivity (Wildman–Crippen MR) is 173 cm³/mol. The van der Waals surface area contributed by atoms with Crippen molar-refractivity contribution in [2.75, 3.05) is 38.9 Å². The standard InChI is InChI=1S/C10H26O5Si2.15CH4/c1-16(2,9-13-7-5-11)15-17(3,4)10-14-8-6-12;;;;;;;;;;;;;;;/h11-12H,5-10H2,1-4H3;15*1H4. The summed E-state index contributed by atoms with van der Waals surface area (Å²) in [4.78, 5) is 0. The van der Waals surface area contributed by atoms with Gasteiger partial charge in [0.2, 0.25) is 0 Å². The van der Waals surface area contributed by atoms with E-state index < -0.39 is 16.6 Å². The Morgan fingerprint density at radius 2 is 0.625 bits per heavy atom. The number of hydrogen-bond donors (Lipinski definition) is 2. The molecule has 0 fully saturated rings. The Morgan fingerprint density at radius 3 is 0.781 bits per heavy atom. The van der Waals surface area contributed by atoms with Gasteiger partial charge in [-0.1, -0.05) is 111 Å². The van der Waals surface area contributed by atoms with Crippen molar-refractivity contribution < 1.29 is 23.8 Å². The van der Waals surface area contributed by atoms with Gasteiger partial charge in [-0.3, -0.25) is 0 Å². The van der Waals surface area contributed by atoms with E-state index in [4.69, 9.17) is 23.8 Å². The van der Waals surface area contributed by atoms with E-state index in [1.165, 1.54) is 0 Å². The minimum Gasteiger partial charge on any atom is -0.453 e. The summed E-state index contributed by atoms with van der Waals surface area (Å²) in [5.74, 6) is 0. The average molecular weight is 523 g/mol. The van der Waals surface area contributed by atoms with Crippen LogP contribution in [0.5, 0.6) is 0 Å². The molecular formula is C25H86O5Si2. The number of aliphatic hydroxyl groups is 2. The fraction of sp³-hybridized carbons (Fsp3) is 1.00. The highest BCUT2D eigenvalue weighted by Crippen LogP contribution is 2.15. The lowest BCUT2D eigenvalue weighted by atomic mass is 10.8. The van der Waals surface area contributed by atoms with Crippen molar-refractivity contribution in [1.29, 1.82) is 0 Å². The zero-order valence-electron chi connectivity index (χ0n) is 11.4. The van der Waals surface area contributed by atoms with E-state index in [-0.39, 0.29) is 125 Å². The van der Waals surface area contributed by atoms with Crippen LogP contribution < -0.4 is 0 Å². The molecule has 0 aliphatic rings. The van der Waals surface area contributed by atoms with Crippen LogP contribution in [0.2, 0.25) is 26.2 Å². The van der Waals surface area contributed by atoms with Gasteiger partial charge in [-0.05, 0) is 26.2 Å². The molecule has 0 aromatic carbocycles. The highest BCUT2D eigenvalue weighted by atomic mass is 28.4. The van der Waals surface area contributed by atoms with Crippen molar-refractivity contribution in [1.82, 2.24) is 0 Å². The van der Waals surface area contributed by atoms with E-state index >= 15 is 0 Å². The number of rotatable bonds is 10. The molecule has 32 heavy (non-hydrogen) atoms. The molecule has 0 spiro atoms. The molecule has 0 aromatic heterocycles. The molecule has 0 saturated carbocycles. The quantitative estimate of drug-likeness (QED) is 0.220. The lowest BCUT2D eigenvalue weighted by molar-refractivity contribution is 0.108. The van der Waals surface area contributed by atoms with E-state index in [1.54, 1.807) is 0 Å². The van der Waals surface area contributed by atoms with Crippen molar-refractivity contribution in [3.05, 3.63) is 0 Å². The van der Waals surface area contributed by atoms with Gasteiger partial charge in [-0.15, -0.1) is 0 Å². The molecule has 0 rings (SSSR count). The summed E-state index contributed by atoms with van der Waals surface area (Å²) in [5.41, 5.74) is 0. The third-order valence-corrected chi connectivity index (χ3v) is 8.14. The Kier molecular flexibility index (Phi) is 236. The van der Waals surface area contributed by atoms with Gasteiger partial charge >= 0.3 is 0 Å². The Balaban J connectivity index is -0.0000000122. The molecule has 224 valence electrons. The maximum atomic E-state index is 8.65. The van der Waals surface area contributed by atoms with E-state index in [9.17, 15) is 0 Å². The van der Waals surface area contributed by atoms with Gasteiger partial charge in [-0.2, -0.15) is 0 Å². The normalized spacial score (nSPS) is 6.94. The molecule has 0 radical (unpaired) electrons. The Labute approximate surface area is 217 Å². The third-order valence-electron chi connectivity index (χ3n) is 1.92. The largest absolute Gasteiger partial charge is 0.453 e. The van der Waals surface area contributed by atoms with Crippen LogP contribution in [0.15, 0.2) is 0 Å². The number of ether oxygens (including phenoxy) is 2. The van der Waals surface area contributed by atoms with E-state index in [0.717, 1.165) is 0 Å². The first-order chi connectivity index (χ1) is 7.83. The molecule has 5 nitrogen and oxygen atoms in total. The van der Waals surface area contributed by atoms with Gasteiger partial charge in [0.15, 0.2) is 16.6 Å². The zero-order valence-corrected chi connectivity index (χ0v) is 13.4. The van der Waals surface area contributed by atoms with Crippen molar-refractivity contribution in [2.45, 2.75) is 138 Å². The molecule has 0 aliphatic carbocycles. The van der Waals surface area contributed by atoms with Gasteiger partial charge in [0.05, 0.1) is 38.9 Å². The molecule has 0 saturated heterocycles. The SMILES string of the molecule is C.C.C.C.C.C.C.C.C.C.C.C.C.C.C.C[Si](C)(COCCO)O[Si](C)(C)COCCO. The number of aliphatic hydroxyl groups excluding tert-OH is 2. The van der Waals surface area contributed by atoms with Crippen molar-refractivity contribution >= 4 is 16.6 Å². The molecule has 0 amide bonds. The second-order valence-corrected chi connectivity index (χ2v) is 13.6. The molecule has 7 heteroatoms. The van der Waals surface area contributed by atoms with E-state index in [0.29, 0.717) is 25.7 Å². The number of hydrogen-bond acceptors (Lipinski definition) is 5. The topological polar surface area (TPSA) is 68.2 Å². The molecule has 0 aliphatic heterocycles. The zero-order chi connectivity index (χ0) is 13.4. The van der Waals surface area contributed by atoms with Crippen molar-refractivity contribution in [2.24, 2.45) is 0 Å². The van der Waals surface area contributed by atoms with E-state index in [2.05, 4.69) is 26.2 Å². The summed E-state index contributed by atoms with van der Waals surface area (Å²) >= 11 is 0. The van der Waals surface area contributed by atoms with Gasteiger partial charge in [-0.25, -0.2) is 0 Å². The fourth-order valence-electron chi connectivity index (χ4n) is 1.57. The van der Waals surface area contributed by atoms with Crippen molar-refractivity contribution in [3.8, 4) is 0 Å². The average Bonchev–Trinajstić information content (AvgIpc) is 2.16. The van der Waals surface area contributed by atoms with Crippen LogP contribution in [0.1, 0.15) is 111 Å². The van der Waals surface area contributed by atoms with Crippen LogP contribution in [0, 0.1) is 0 Å². The minimum atomic E-state index is -1.85. The summed E-state index contributed by atoms with van der Waals surface area (Å²) in [6.07, 6.45) is 1.17. The fourth-order valence-corrected chi connectivity index (χ4v) is 9.30. The highest BCUT2D eigenvalue weighted by molar-refractivity contribution is 6.84. The summed E-state index contributed by atoms with van der Waals surface area (Å²) in [6.45, 7) is 9.23. The lowest BCUT2D eigenvalue weighted by Crippen LogP contribution is -2.50. The molecule has 0 bridgehead atoms. The molecule has 0 aromatic rings. The van der Waals surface area contributed by atoms with Crippen LogP contribution in [0.4, 0.5) is 0 Å². The van der Waals surface area contributed by atoms with Gasteiger partial charge in [0.1, 0.15) is 0 Å². The first kappa shape index (κ1) is 119. The molecule has 2 N–H and O–H groups in total. The summed E-state index contributed by atoms with van der Waals surface area (Å²) in [5, 5.41) is 17.3. The molecule has 0 atom stereocenters. The second kappa shape index (κ2) is 63.3. The summed E-state index contributed by atoms with van der Waals surface area (Å²) < 4.78 is 16.9. The smallest absolute Gasteiger partial charge is 0.199 e. The Bertz CT molecular complexity index is 187. The Morgan fingerprint density at radius 1 is 0.438 bits per heavy atom. The van der Waals surface area contributed by atoms with Crippen LogP contribution in [0.25, 0.3) is 0 Å². The summed E-state index contributed by atoms with van der Waals surface area (Å²) in [7, 11) is -3.70. The van der Waals surface area contributed by atoms with E-state index in [1.807, 2.05) is 0 Å². The highest BCUT2D eigenvalue weighted by Gasteiger charge is 2.33. The first-order valence-electron chi connectivity index (χ1n) is 5.90. The molecular weight excluding hydrogens is 436 g/mol. The lowest BCUT2D eigenvalue weighted by Gasteiger charge is -2.33.